The Morgan fingerprint density at radius 1 is 0.970 bits per heavy atom. The van der Waals surface area contributed by atoms with Gasteiger partial charge in [0.1, 0.15) is 5.75 Å². The summed E-state index contributed by atoms with van der Waals surface area (Å²) in [5, 5.41) is 0. The molecule has 5 nitrogen and oxygen atoms in total. The van der Waals surface area contributed by atoms with Crippen molar-refractivity contribution in [3.05, 3.63) is 65.7 Å². The highest BCUT2D eigenvalue weighted by atomic mass is 16.7. The summed E-state index contributed by atoms with van der Waals surface area (Å²) in [7, 11) is 1.68. The van der Waals surface area contributed by atoms with E-state index in [1.807, 2.05) is 56.3 Å². The Labute approximate surface area is 199 Å². The fraction of sp³-hybridized carbons (Fsp3) is 0.571. The van der Waals surface area contributed by atoms with Crippen molar-refractivity contribution < 1.29 is 23.7 Å². The summed E-state index contributed by atoms with van der Waals surface area (Å²) < 4.78 is 30.2. The second kappa shape index (κ2) is 12.0. The van der Waals surface area contributed by atoms with E-state index in [0.29, 0.717) is 26.4 Å². The van der Waals surface area contributed by atoms with Gasteiger partial charge in [0.2, 0.25) is 0 Å². The van der Waals surface area contributed by atoms with Gasteiger partial charge >= 0.3 is 0 Å². The predicted molar refractivity (Wildman–Crippen MR) is 130 cm³/mol. The first-order valence-electron chi connectivity index (χ1n) is 12.0. The zero-order chi connectivity index (χ0) is 23.8. The quantitative estimate of drug-likeness (QED) is 0.424. The molecule has 2 aromatic carbocycles. The number of rotatable bonds is 11. The van der Waals surface area contributed by atoms with Gasteiger partial charge in [-0.05, 0) is 37.1 Å². The molecule has 5 heteroatoms. The topological polar surface area (TPSA) is 46.2 Å². The van der Waals surface area contributed by atoms with Crippen LogP contribution in [0.3, 0.4) is 0 Å². The second-order valence-electron chi connectivity index (χ2n) is 9.73. The van der Waals surface area contributed by atoms with Crippen LogP contribution in [-0.4, -0.2) is 38.3 Å². The molecule has 33 heavy (non-hydrogen) atoms. The molecule has 0 radical (unpaired) electrons. The summed E-state index contributed by atoms with van der Waals surface area (Å²) >= 11 is 0. The van der Waals surface area contributed by atoms with Crippen molar-refractivity contribution in [1.29, 1.82) is 0 Å². The van der Waals surface area contributed by atoms with Crippen LogP contribution in [0.1, 0.15) is 45.7 Å². The molecule has 0 unspecified atom stereocenters. The maximum absolute atomic E-state index is 6.56. The largest absolute Gasteiger partial charge is 0.497 e. The Morgan fingerprint density at radius 2 is 1.64 bits per heavy atom. The molecule has 0 spiro atoms. The fourth-order valence-corrected chi connectivity index (χ4v) is 4.50. The summed E-state index contributed by atoms with van der Waals surface area (Å²) in [6.07, 6.45) is 0.0235. The van der Waals surface area contributed by atoms with Crippen molar-refractivity contribution >= 4 is 0 Å². The highest BCUT2D eigenvalue weighted by Gasteiger charge is 2.41. The molecule has 0 saturated carbocycles. The van der Waals surface area contributed by atoms with Crippen molar-refractivity contribution in [3.8, 4) is 5.75 Å². The van der Waals surface area contributed by atoms with Gasteiger partial charge in [-0.1, -0.05) is 63.2 Å². The summed E-state index contributed by atoms with van der Waals surface area (Å²) in [6, 6.07) is 18.3. The van der Waals surface area contributed by atoms with Gasteiger partial charge in [-0.3, -0.25) is 0 Å². The number of ether oxygens (including phenoxy) is 5. The Balaban J connectivity index is 1.68. The lowest BCUT2D eigenvalue weighted by molar-refractivity contribution is -0.306. The Bertz CT molecular complexity index is 820. The standard InChI is InChI=1S/C28H40O5/c1-20(16-30-18-23-10-8-7-9-11-23)26(31-19-24-12-14-25(29-6)15-13-24)22(3)27-21(2)17-32-28(4,5)33-27/h7-15,20-22,26-27H,16-19H2,1-6H3/t20-,21-,22-,26-,27-/m1/s1. The van der Waals surface area contributed by atoms with E-state index in [4.69, 9.17) is 23.7 Å². The summed E-state index contributed by atoms with van der Waals surface area (Å²) in [4.78, 5) is 0. The zero-order valence-electron chi connectivity index (χ0n) is 21.0. The highest BCUT2D eigenvalue weighted by molar-refractivity contribution is 5.26. The molecular weight excluding hydrogens is 416 g/mol. The summed E-state index contributed by atoms with van der Waals surface area (Å²) in [5.41, 5.74) is 2.29. The first kappa shape index (κ1) is 25.7. The van der Waals surface area contributed by atoms with Gasteiger partial charge in [0.15, 0.2) is 5.79 Å². The number of methoxy groups -OCH3 is 1. The van der Waals surface area contributed by atoms with Gasteiger partial charge < -0.3 is 23.7 Å². The lowest BCUT2D eigenvalue weighted by atomic mass is 9.83. The van der Waals surface area contributed by atoms with Gasteiger partial charge in [0, 0.05) is 17.8 Å². The second-order valence-corrected chi connectivity index (χ2v) is 9.73. The Hall–Kier alpha value is -1.92. The van der Waals surface area contributed by atoms with E-state index in [0.717, 1.165) is 11.3 Å². The third-order valence-corrected chi connectivity index (χ3v) is 6.37. The average Bonchev–Trinajstić information content (AvgIpc) is 2.81. The molecule has 0 amide bonds. The maximum Gasteiger partial charge on any atom is 0.163 e. The minimum absolute atomic E-state index is 0.0239. The molecule has 1 saturated heterocycles. The van der Waals surface area contributed by atoms with Crippen LogP contribution in [0.25, 0.3) is 0 Å². The van der Waals surface area contributed by atoms with E-state index in [9.17, 15) is 0 Å². The first-order valence-corrected chi connectivity index (χ1v) is 12.0. The first-order chi connectivity index (χ1) is 15.8. The van der Waals surface area contributed by atoms with Crippen LogP contribution in [0.2, 0.25) is 0 Å². The number of hydrogen-bond donors (Lipinski definition) is 0. The highest BCUT2D eigenvalue weighted by Crippen LogP contribution is 2.34. The fourth-order valence-electron chi connectivity index (χ4n) is 4.50. The molecule has 3 rings (SSSR count). The minimum Gasteiger partial charge on any atom is -0.497 e. The van der Waals surface area contributed by atoms with Gasteiger partial charge in [-0.25, -0.2) is 0 Å². The average molecular weight is 457 g/mol. The van der Waals surface area contributed by atoms with Crippen LogP contribution >= 0.6 is 0 Å². The summed E-state index contributed by atoms with van der Waals surface area (Å²) in [5.74, 6) is 0.926. The molecule has 1 aliphatic rings. The Morgan fingerprint density at radius 3 is 2.30 bits per heavy atom. The van der Waals surface area contributed by atoms with Crippen LogP contribution in [0.4, 0.5) is 0 Å². The molecule has 2 aromatic rings. The maximum atomic E-state index is 6.56. The van der Waals surface area contributed by atoms with E-state index in [1.165, 1.54) is 5.56 Å². The van der Waals surface area contributed by atoms with Gasteiger partial charge in [0.05, 0.1) is 45.7 Å². The molecule has 1 aliphatic heterocycles. The van der Waals surface area contributed by atoms with Gasteiger partial charge in [-0.15, -0.1) is 0 Å². The van der Waals surface area contributed by atoms with Crippen LogP contribution in [0.15, 0.2) is 54.6 Å². The predicted octanol–water partition coefficient (Wildman–Crippen LogP) is 5.86. The minimum atomic E-state index is -0.584. The molecule has 0 aromatic heterocycles. The van der Waals surface area contributed by atoms with Gasteiger partial charge in [-0.2, -0.15) is 0 Å². The lowest BCUT2D eigenvalue weighted by Gasteiger charge is -2.45. The molecule has 0 N–H and O–H groups in total. The van der Waals surface area contributed by atoms with Crippen LogP contribution in [0, 0.1) is 17.8 Å². The molecule has 0 bridgehead atoms. The monoisotopic (exact) mass is 456 g/mol. The van der Waals surface area contributed by atoms with Crippen molar-refractivity contribution in [1.82, 2.24) is 0 Å². The van der Waals surface area contributed by atoms with Crippen molar-refractivity contribution in [2.24, 2.45) is 17.8 Å². The van der Waals surface area contributed by atoms with Crippen molar-refractivity contribution in [2.75, 3.05) is 20.3 Å². The molecule has 182 valence electrons. The van der Waals surface area contributed by atoms with E-state index in [-0.39, 0.29) is 30.0 Å². The van der Waals surface area contributed by atoms with E-state index in [1.54, 1.807) is 7.11 Å². The SMILES string of the molecule is COc1ccc(CO[C@@H]([C@@H](C)[C@@H]2OC(C)(C)OC[C@H]2C)[C@H](C)COCc2ccccc2)cc1. The molecule has 5 atom stereocenters. The van der Waals surface area contributed by atoms with E-state index >= 15 is 0 Å². The van der Waals surface area contributed by atoms with E-state index in [2.05, 4.69) is 32.9 Å². The van der Waals surface area contributed by atoms with Crippen molar-refractivity contribution in [3.63, 3.8) is 0 Å². The third-order valence-electron chi connectivity index (χ3n) is 6.37. The molecule has 1 heterocycles. The molecule has 0 aliphatic carbocycles. The number of benzene rings is 2. The molecular formula is C28H40O5. The lowest BCUT2D eigenvalue weighted by Crippen LogP contribution is -2.51. The van der Waals surface area contributed by atoms with Gasteiger partial charge in [0.25, 0.3) is 0 Å². The zero-order valence-corrected chi connectivity index (χ0v) is 21.0. The van der Waals surface area contributed by atoms with E-state index < -0.39 is 5.79 Å². The normalized spacial score (nSPS) is 23.0. The molecule has 1 fully saturated rings. The number of hydrogen-bond acceptors (Lipinski definition) is 5. The Kier molecular flexibility index (Phi) is 9.33. The smallest absolute Gasteiger partial charge is 0.163 e. The van der Waals surface area contributed by atoms with Crippen LogP contribution < -0.4 is 4.74 Å². The van der Waals surface area contributed by atoms with Crippen LogP contribution in [0.5, 0.6) is 5.75 Å². The van der Waals surface area contributed by atoms with Crippen LogP contribution in [-0.2, 0) is 32.2 Å². The summed E-state index contributed by atoms with van der Waals surface area (Å²) in [6.45, 7) is 13.0. The van der Waals surface area contributed by atoms with Crippen molar-refractivity contribution in [2.45, 2.75) is 65.8 Å². The third kappa shape index (κ3) is 7.54.